The van der Waals surface area contributed by atoms with Gasteiger partial charge in [-0.3, -0.25) is 10.8 Å². The highest BCUT2D eigenvalue weighted by Gasteiger charge is 2.23. The SMILES string of the molecule is CC1CCN(C(=N)/C=C\C(=N)C#N)CC1C. The molecule has 0 saturated carbocycles. The Balaban J connectivity index is 2.53. The number of nitrogens with one attached hydrogen (secondary N) is 2. The molecule has 0 spiro atoms. The first-order valence-electron chi connectivity index (χ1n) is 5.54. The largest absolute Gasteiger partial charge is 0.357 e. The number of allylic oxidation sites excluding steroid dienone is 1. The summed E-state index contributed by atoms with van der Waals surface area (Å²) in [5, 5.41) is 23.4. The van der Waals surface area contributed by atoms with E-state index in [0.717, 1.165) is 19.5 Å². The Bertz CT molecular complexity index is 351. The molecular formula is C12H18N4. The zero-order chi connectivity index (χ0) is 12.1. The van der Waals surface area contributed by atoms with Crippen molar-refractivity contribution in [1.82, 2.24) is 4.90 Å². The third kappa shape index (κ3) is 3.20. The molecular weight excluding hydrogens is 200 g/mol. The summed E-state index contributed by atoms with van der Waals surface area (Å²) in [6.07, 6.45) is 4.02. The Morgan fingerprint density at radius 3 is 2.56 bits per heavy atom. The van der Waals surface area contributed by atoms with Gasteiger partial charge in [-0.05, 0) is 30.4 Å². The number of hydrogen-bond donors (Lipinski definition) is 2. The van der Waals surface area contributed by atoms with E-state index in [2.05, 4.69) is 13.8 Å². The molecule has 2 atom stereocenters. The zero-order valence-corrected chi connectivity index (χ0v) is 9.83. The normalized spacial score (nSPS) is 25.4. The molecule has 4 heteroatoms. The summed E-state index contributed by atoms with van der Waals surface area (Å²) in [5.41, 5.74) is -0.108. The van der Waals surface area contributed by atoms with Gasteiger partial charge >= 0.3 is 0 Å². The molecule has 1 aliphatic rings. The summed E-state index contributed by atoms with van der Waals surface area (Å²) in [6, 6.07) is 1.72. The van der Waals surface area contributed by atoms with Crippen LogP contribution in [0.1, 0.15) is 20.3 Å². The fraction of sp³-hybridized carbons (Fsp3) is 0.583. The van der Waals surface area contributed by atoms with E-state index >= 15 is 0 Å². The lowest BCUT2D eigenvalue weighted by molar-refractivity contribution is 0.204. The van der Waals surface area contributed by atoms with E-state index in [1.54, 1.807) is 6.07 Å². The molecule has 1 saturated heterocycles. The Labute approximate surface area is 96.6 Å². The molecule has 1 rings (SSSR count). The summed E-state index contributed by atoms with van der Waals surface area (Å²) in [5.74, 6) is 1.71. The van der Waals surface area contributed by atoms with Crippen molar-refractivity contribution in [2.75, 3.05) is 13.1 Å². The fourth-order valence-corrected chi connectivity index (χ4v) is 1.79. The van der Waals surface area contributed by atoms with Crippen molar-refractivity contribution in [1.29, 1.82) is 16.1 Å². The summed E-state index contributed by atoms with van der Waals surface area (Å²) in [7, 11) is 0. The standard InChI is InChI=1S/C12H18N4/c1-9-5-6-16(8-10(9)2)12(15)4-3-11(14)7-13/h3-4,9-10,14-15H,5-6,8H2,1-2H3/b4-3-,14-11?,15-12?. The summed E-state index contributed by atoms with van der Waals surface area (Å²) in [4.78, 5) is 2.01. The summed E-state index contributed by atoms with van der Waals surface area (Å²) < 4.78 is 0. The van der Waals surface area contributed by atoms with Crippen LogP contribution in [0.5, 0.6) is 0 Å². The van der Waals surface area contributed by atoms with E-state index < -0.39 is 0 Å². The van der Waals surface area contributed by atoms with Gasteiger partial charge in [0.15, 0.2) is 0 Å². The van der Waals surface area contributed by atoms with Gasteiger partial charge in [-0.2, -0.15) is 5.26 Å². The second-order valence-electron chi connectivity index (χ2n) is 4.43. The van der Waals surface area contributed by atoms with Crippen molar-refractivity contribution in [2.24, 2.45) is 11.8 Å². The predicted octanol–water partition coefficient (Wildman–Crippen LogP) is 2.04. The van der Waals surface area contributed by atoms with Crippen molar-refractivity contribution >= 4 is 11.5 Å². The van der Waals surface area contributed by atoms with Crippen molar-refractivity contribution in [3.63, 3.8) is 0 Å². The van der Waals surface area contributed by atoms with Gasteiger partial charge in [0.05, 0.1) is 0 Å². The molecule has 1 fully saturated rings. The second kappa shape index (κ2) is 5.45. The molecule has 1 aliphatic heterocycles. The topological polar surface area (TPSA) is 74.7 Å². The van der Waals surface area contributed by atoms with Gasteiger partial charge < -0.3 is 4.90 Å². The first-order valence-corrected chi connectivity index (χ1v) is 5.54. The zero-order valence-electron chi connectivity index (χ0n) is 9.83. The lowest BCUT2D eigenvalue weighted by Crippen LogP contribution is -2.41. The molecule has 0 amide bonds. The van der Waals surface area contributed by atoms with E-state index in [9.17, 15) is 0 Å². The van der Waals surface area contributed by atoms with Gasteiger partial charge in [0, 0.05) is 13.1 Å². The molecule has 1 heterocycles. The number of amidine groups is 1. The third-order valence-electron chi connectivity index (χ3n) is 3.20. The number of hydrogen-bond acceptors (Lipinski definition) is 3. The minimum atomic E-state index is -0.108. The monoisotopic (exact) mass is 218 g/mol. The average molecular weight is 218 g/mol. The molecule has 0 bridgehead atoms. The van der Waals surface area contributed by atoms with Gasteiger partial charge in [-0.25, -0.2) is 0 Å². The maximum atomic E-state index is 8.42. The van der Waals surface area contributed by atoms with Crippen LogP contribution in [0.3, 0.4) is 0 Å². The molecule has 0 aromatic heterocycles. The van der Waals surface area contributed by atoms with Crippen LogP contribution in [0.2, 0.25) is 0 Å². The maximum Gasteiger partial charge on any atom is 0.132 e. The molecule has 0 aromatic carbocycles. The van der Waals surface area contributed by atoms with Crippen molar-refractivity contribution in [3.8, 4) is 6.07 Å². The first-order chi connectivity index (χ1) is 7.54. The smallest absolute Gasteiger partial charge is 0.132 e. The van der Waals surface area contributed by atoms with Crippen LogP contribution in [0.15, 0.2) is 12.2 Å². The Hall–Kier alpha value is -1.63. The molecule has 16 heavy (non-hydrogen) atoms. The lowest BCUT2D eigenvalue weighted by Gasteiger charge is -2.36. The minimum absolute atomic E-state index is 0.108. The quantitative estimate of drug-likeness (QED) is 0.549. The highest BCUT2D eigenvalue weighted by Crippen LogP contribution is 2.22. The maximum absolute atomic E-state index is 8.42. The van der Waals surface area contributed by atoms with E-state index in [1.165, 1.54) is 12.2 Å². The highest BCUT2D eigenvalue weighted by atomic mass is 15.2. The number of rotatable bonds is 2. The van der Waals surface area contributed by atoms with Gasteiger partial charge in [0.1, 0.15) is 17.6 Å². The van der Waals surface area contributed by atoms with Crippen LogP contribution < -0.4 is 0 Å². The fourth-order valence-electron chi connectivity index (χ4n) is 1.79. The Morgan fingerprint density at radius 2 is 2.00 bits per heavy atom. The Kier molecular flexibility index (Phi) is 4.24. The number of piperidine rings is 1. The van der Waals surface area contributed by atoms with Gasteiger partial charge in [-0.1, -0.05) is 13.8 Å². The number of nitriles is 1. The Morgan fingerprint density at radius 1 is 1.31 bits per heavy atom. The lowest BCUT2D eigenvalue weighted by atomic mass is 9.88. The molecule has 0 radical (unpaired) electrons. The van der Waals surface area contributed by atoms with E-state index in [4.69, 9.17) is 16.1 Å². The van der Waals surface area contributed by atoms with Crippen LogP contribution >= 0.6 is 0 Å². The molecule has 86 valence electrons. The van der Waals surface area contributed by atoms with Crippen LogP contribution in [0, 0.1) is 34.0 Å². The number of likely N-dealkylation sites (tertiary alicyclic amines) is 1. The molecule has 0 aliphatic carbocycles. The van der Waals surface area contributed by atoms with Crippen molar-refractivity contribution < 1.29 is 0 Å². The highest BCUT2D eigenvalue weighted by molar-refractivity contribution is 6.08. The third-order valence-corrected chi connectivity index (χ3v) is 3.20. The second-order valence-corrected chi connectivity index (χ2v) is 4.43. The van der Waals surface area contributed by atoms with Crippen molar-refractivity contribution in [3.05, 3.63) is 12.2 Å². The first kappa shape index (κ1) is 12.4. The molecule has 4 nitrogen and oxygen atoms in total. The van der Waals surface area contributed by atoms with Crippen LogP contribution in [0.4, 0.5) is 0 Å². The molecule has 2 unspecified atom stereocenters. The van der Waals surface area contributed by atoms with Crippen molar-refractivity contribution in [2.45, 2.75) is 20.3 Å². The summed E-state index contributed by atoms with van der Waals surface area (Å²) >= 11 is 0. The van der Waals surface area contributed by atoms with E-state index in [0.29, 0.717) is 17.7 Å². The predicted molar refractivity (Wildman–Crippen MR) is 64.7 cm³/mol. The summed E-state index contributed by atoms with van der Waals surface area (Å²) in [6.45, 7) is 6.23. The van der Waals surface area contributed by atoms with Crippen LogP contribution in [-0.4, -0.2) is 29.5 Å². The van der Waals surface area contributed by atoms with E-state index in [-0.39, 0.29) is 5.71 Å². The van der Waals surface area contributed by atoms with Crippen LogP contribution in [-0.2, 0) is 0 Å². The van der Waals surface area contributed by atoms with Gasteiger partial charge in [0.25, 0.3) is 0 Å². The minimum Gasteiger partial charge on any atom is -0.357 e. The number of nitrogens with zero attached hydrogens (tertiary/aromatic N) is 2. The van der Waals surface area contributed by atoms with Crippen LogP contribution in [0.25, 0.3) is 0 Å². The molecule has 0 aromatic rings. The van der Waals surface area contributed by atoms with Gasteiger partial charge in [0.2, 0.25) is 0 Å². The van der Waals surface area contributed by atoms with E-state index in [1.807, 2.05) is 4.90 Å². The average Bonchev–Trinajstić information content (AvgIpc) is 2.29. The molecule has 2 N–H and O–H groups in total. The van der Waals surface area contributed by atoms with Gasteiger partial charge in [-0.15, -0.1) is 0 Å².